The Bertz CT molecular complexity index is 821. The first kappa shape index (κ1) is 12.1. The number of hydrogen-bond donors (Lipinski definition) is 0. The Balaban J connectivity index is 1.97. The van der Waals surface area contributed by atoms with Crippen LogP contribution in [0.3, 0.4) is 0 Å². The van der Waals surface area contributed by atoms with E-state index in [1.165, 1.54) is 22.0 Å². The molecule has 1 aliphatic rings. The zero-order valence-electron chi connectivity index (χ0n) is 10.6. The van der Waals surface area contributed by atoms with Crippen LogP contribution in [0.15, 0.2) is 54.6 Å². The molecule has 0 aromatic heterocycles. The second-order valence-corrected chi connectivity index (χ2v) is 5.74. The van der Waals surface area contributed by atoms with E-state index in [1.807, 2.05) is 18.2 Å². The number of hydrogen-bond acceptors (Lipinski definition) is 1. The molecule has 0 fully saturated rings. The lowest BCUT2D eigenvalue weighted by Crippen LogP contribution is -2.11. The zero-order valence-corrected chi connectivity index (χ0v) is 12.1. The number of anilines is 2. The van der Waals surface area contributed by atoms with Crippen LogP contribution < -0.4 is 4.90 Å². The van der Waals surface area contributed by atoms with Gasteiger partial charge in [0, 0.05) is 17.6 Å². The zero-order chi connectivity index (χ0) is 13.7. The van der Waals surface area contributed by atoms with Crippen LogP contribution in [0.1, 0.15) is 5.56 Å². The van der Waals surface area contributed by atoms with Crippen LogP contribution in [-0.4, -0.2) is 0 Å². The molecule has 1 aliphatic heterocycles. The summed E-state index contributed by atoms with van der Waals surface area (Å²) < 4.78 is 0. The average molecular weight is 300 g/mol. The van der Waals surface area contributed by atoms with Crippen molar-refractivity contribution in [2.24, 2.45) is 0 Å². The van der Waals surface area contributed by atoms with Gasteiger partial charge in [-0.2, -0.15) is 0 Å². The van der Waals surface area contributed by atoms with E-state index in [1.54, 1.807) is 0 Å². The first-order valence-electron chi connectivity index (χ1n) is 6.48. The summed E-state index contributed by atoms with van der Waals surface area (Å²) >= 11 is 12.5. The summed E-state index contributed by atoms with van der Waals surface area (Å²) in [5.41, 5.74) is 3.49. The molecule has 0 unspecified atom stereocenters. The molecule has 98 valence electrons. The summed E-state index contributed by atoms with van der Waals surface area (Å²) in [4.78, 5) is 2.23. The highest BCUT2D eigenvalue weighted by molar-refractivity contribution is 6.43. The van der Waals surface area contributed by atoms with Crippen LogP contribution in [0.4, 0.5) is 11.4 Å². The Labute approximate surface area is 127 Å². The van der Waals surface area contributed by atoms with E-state index >= 15 is 0 Å². The highest BCUT2D eigenvalue weighted by Crippen LogP contribution is 2.44. The molecule has 0 radical (unpaired) electrons. The number of benzene rings is 3. The van der Waals surface area contributed by atoms with Crippen LogP contribution in [0, 0.1) is 0 Å². The van der Waals surface area contributed by atoms with Crippen molar-refractivity contribution in [3.05, 3.63) is 70.2 Å². The lowest BCUT2D eigenvalue weighted by Gasteiger charge is -2.21. The standard InChI is InChI=1S/C17H11Cl2N/c18-13-7-3-9-15(17(13)19)20-10-12-6-1-4-11-5-2-8-14(20)16(11)12/h1-9H,10H2. The normalized spacial score (nSPS) is 13.2. The van der Waals surface area contributed by atoms with Gasteiger partial charge in [-0.3, -0.25) is 0 Å². The summed E-state index contributed by atoms with van der Waals surface area (Å²) in [6.07, 6.45) is 0. The summed E-state index contributed by atoms with van der Waals surface area (Å²) in [6, 6.07) is 18.5. The van der Waals surface area contributed by atoms with Gasteiger partial charge in [-0.25, -0.2) is 0 Å². The maximum absolute atomic E-state index is 6.38. The van der Waals surface area contributed by atoms with Gasteiger partial charge in [-0.15, -0.1) is 0 Å². The Kier molecular flexibility index (Phi) is 2.66. The van der Waals surface area contributed by atoms with E-state index in [0.717, 1.165) is 12.2 Å². The van der Waals surface area contributed by atoms with E-state index < -0.39 is 0 Å². The topological polar surface area (TPSA) is 3.24 Å². The lowest BCUT2D eigenvalue weighted by molar-refractivity contribution is 1.02. The molecule has 3 aromatic carbocycles. The van der Waals surface area contributed by atoms with Crippen LogP contribution in [0.25, 0.3) is 10.8 Å². The number of nitrogens with zero attached hydrogens (tertiary/aromatic N) is 1. The smallest absolute Gasteiger partial charge is 0.0829 e. The van der Waals surface area contributed by atoms with Gasteiger partial charge in [0.05, 0.1) is 15.7 Å². The largest absolute Gasteiger partial charge is 0.335 e. The van der Waals surface area contributed by atoms with Crippen molar-refractivity contribution in [3.63, 3.8) is 0 Å². The molecule has 0 aliphatic carbocycles. The van der Waals surface area contributed by atoms with Crippen molar-refractivity contribution in [1.82, 2.24) is 0 Å². The van der Waals surface area contributed by atoms with E-state index in [-0.39, 0.29) is 0 Å². The lowest BCUT2D eigenvalue weighted by atomic mass is 10.1. The fraction of sp³-hybridized carbons (Fsp3) is 0.0588. The van der Waals surface area contributed by atoms with Crippen molar-refractivity contribution in [3.8, 4) is 0 Å². The van der Waals surface area contributed by atoms with Crippen LogP contribution >= 0.6 is 23.2 Å². The minimum Gasteiger partial charge on any atom is -0.335 e. The fourth-order valence-electron chi connectivity index (χ4n) is 2.93. The van der Waals surface area contributed by atoms with Gasteiger partial charge in [0.15, 0.2) is 0 Å². The summed E-state index contributed by atoms with van der Waals surface area (Å²) in [7, 11) is 0. The molecule has 0 saturated heterocycles. The van der Waals surface area contributed by atoms with Crippen molar-refractivity contribution in [1.29, 1.82) is 0 Å². The molecule has 0 amide bonds. The predicted octanol–water partition coefficient (Wildman–Crippen LogP) is 5.80. The summed E-state index contributed by atoms with van der Waals surface area (Å²) in [6.45, 7) is 0.830. The van der Waals surface area contributed by atoms with Gasteiger partial charge in [0.2, 0.25) is 0 Å². The molecular formula is C17H11Cl2N. The Morgan fingerprint density at radius 3 is 2.35 bits per heavy atom. The Morgan fingerprint density at radius 1 is 0.800 bits per heavy atom. The van der Waals surface area contributed by atoms with Gasteiger partial charge < -0.3 is 4.90 Å². The SMILES string of the molecule is Clc1cccc(N2Cc3cccc4cccc2c34)c1Cl. The summed E-state index contributed by atoms with van der Waals surface area (Å²) in [5, 5.41) is 3.78. The fourth-order valence-corrected chi connectivity index (χ4v) is 3.32. The minimum absolute atomic E-state index is 0.590. The number of rotatable bonds is 1. The Morgan fingerprint density at radius 2 is 1.50 bits per heavy atom. The molecule has 0 N–H and O–H groups in total. The van der Waals surface area contributed by atoms with Gasteiger partial charge in [-0.05, 0) is 29.1 Å². The third-order valence-corrected chi connectivity index (χ3v) is 4.62. The molecule has 1 nitrogen and oxygen atoms in total. The minimum atomic E-state index is 0.590. The van der Waals surface area contributed by atoms with Crippen LogP contribution in [0.2, 0.25) is 10.0 Å². The maximum atomic E-state index is 6.38. The average Bonchev–Trinajstić information content (AvgIpc) is 2.84. The number of halogens is 2. The second-order valence-electron chi connectivity index (χ2n) is 4.95. The molecule has 0 bridgehead atoms. The van der Waals surface area contributed by atoms with E-state index in [0.29, 0.717) is 10.0 Å². The van der Waals surface area contributed by atoms with Crippen molar-refractivity contribution in [2.45, 2.75) is 6.54 Å². The molecule has 0 atom stereocenters. The molecule has 0 spiro atoms. The van der Waals surface area contributed by atoms with E-state index in [9.17, 15) is 0 Å². The molecule has 3 heteroatoms. The van der Waals surface area contributed by atoms with Crippen molar-refractivity contribution >= 4 is 45.3 Å². The van der Waals surface area contributed by atoms with Crippen molar-refractivity contribution < 1.29 is 0 Å². The molecule has 20 heavy (non-hydrogen) atoms. The molecular weight excluding hydrogens is 289 g/mol. The van der Waals surface area contributed by atoms with Crippen molar-refractivity contribution in [2.75, 3.05) is 4.90 Å². The molecule has 3 aromatic rings. The van der Waals surface area contributed by atoms with E-state index in [2.05, 4.69) is 41.3 Å². The highest BCUT2D eigenvalue weighted by Gasteiger charge is 2.24. The van der Waals surface area contributed by atoms with Crippen LogP contribution in [-0.2, 0) is 6.54 Å². The first-order valence-corrected chi connectivity index (χ1v) is 7.23. The molecule has 1 heterocycles. The molecule has 4 rings (SSSR count). The van der Waals surface area contributed by atoms with Gasteiger partial charge >= 0.3 is 0 Å². The monoisotopic (exact) mass is 299 g/mol. The predicted molar refractivity (Wildman–Crippen MR) is 86.3 cm³/mol. The quantitative estimate of drug-likeness (QED) is 0.549. The van der Waals surface area contributed by atoms with Crippen LogP contribution in [0.5, 0.6) is 0 Å². The third-order valence-electron chi connectivity index (χ3n) is 3.81. The summed E-state index contributed by atoms with van der Waals surface area (Å²) in [5.74, 6) is 0. The second kappa shape index (κ2) is 4.41. The first-order chi connectivity index (χ1) is 9.75. The third kappa shape index (κ3) is 1.64. The molecule has 0 saturated carbocycles. The van der Waals surface area contributed by atoms with Gasteiger partial charge in [0.25, 0.3) is 0 Å². The Hall–Kier alpha value is -1.70. The highest BCUT2D eigenvalue weighted by atomic mass is 35.5. The maximum Gasteiger partial charge on any atom is 0.0829 e. The van der Waals surface area contributed by atoms with E-state index in [4.69, 9.17) is 23.2 Å². The van der Waals surface area contributed by atoms with Gasteiger partial charge in [-0.1, -0.05) is 59.6 Å². The van der Waals surface area contributed by atoms with Gasteiger partial charge in [0.1, 0.15) is 0 Å².